The van der Waals surface area contributed by atoms with Gasteiger partial charge in [0.2, 0.25) is 5.91 Å². The Hall–Kier alpha value is -1.38. The van der Waals surface area contributed by atoms with E-state index in [0.29, 0.717) is 5.56 Å². The third-order valence-electron chi connectivity index (χ3n) is 1.78. The molecule has 64 valence electrons. The third kappa shape index (κ3) is 1.81. The molecule has 1 aromatic rings. The molecule has 0 fully saturated rings. The minimum atomic E-state index is -0.444. The largest absolute Gasteiger partial charge is 0.369 e. The van der Waals surface area contributed by atoms with Crippen LogP contribution in [0, 0.1) is 5.82 Å². The molecule has 1 amide bonds. The van der Waals surface area contributed by atoms with E-state index in [1.54, 1.807) is 19.1 Å². The number of benzene rings is 1. The normalized spacial score (nSPS) is 12.5. The van der Waals surface area contributed by atoms with Crippen molar-refractivity contribution in [3.63, 3.8) is 0 Å². The lowest BCUT2D eigenvalue weighted by molar-refractivity contribution is -0.119. The van der Waals surface area contributed by atoms with Crippen molar-refractivity contribution in [1.82, 2.24) is 0 Å². The molecular formula is C9H10FNO. The van der Waals surface area contributed by atoms with Crippen LogP contribution in [0.25, 0.3) is 0 Å². The maximum absolute atomic E-state index is 12.6. The lowest BCUT2D eigenvalue weighted by Gasteiger charge is -2.06. The molecule has 0 bridgehead atoms. The van der Waals surface area contributed by atoms with Crippen LogP contribution in [-0.2, 0) is 4.79 Å². The van der Waals surface area contributed by atoms with E-state index >= 15 is 0 Å². The Morgan fingerprint density at radius 1 is 1.58 bits per heavy atom. The molecule has 0 aliphatic carbocycles. The first-order valence-corrected chi connectivity index (χ1v) is 3.66. The summed E-state index contributed by atoms with van der Waals surface area (Å²) >= 11 is 0. The van der Waals surface area contributed by atoms with Crippen LogP contribution >= 0.6 is 0 Å². The zero-order valence-corrected chi connectivity index (χ0v) is 6.75. The lowest BCUT2D eigenvalue weighted by atomic mass is 10.0. The van der Waals surface area contributed by atoms with Gasteiger partial charge < -0.3 is 5.73 Å². The first-order chi connectivity index (χ1) is 5.61. The zero-order valence-electron chi connectivity index (χ0n) is 6.75. The monoisotopic (exact) mass is 167 g/mol. The summed E-state index contributed by atoms with van der Waals surface area (Å²) in [6.07, 6.45) is 0. The van der Waals surface area contributed by atoms with Crippen molar-refractivity contribution < 1.29 is 9.18 Å². The van der Waals surface area contributed by atoms with Crippen molar-refractivity contribution in [2.45, 2.75) is 12.8 Å². The topological polar surface area (TPSA) is 43.1 Å². The maximum Gasteiger partial charge on any atom is 0.224 e. The summed E-state index contributed by atoms with van der Waals surface area (Å²) in [7, 11) is 0. The van der Waals surface area contributed by atoms with Crippen molar-refractivity contribution in [1.29, 1.82) is 0 Å². The van der Waals surface area contributed by atoms with Crippen molar-refractivity contribution >= 4 is 5.91 Å². The van der Waals surface area contributed by atoms with Gasteiger partial charge in [-0.25, -0.2) is 4.39 Å². The molecule has 1 rings (SSSR count). The molecule has 0 saturated heterocycles. The van der Waals surface area contributed by atoms with Gasteiger partial charge in [-0.05, 0) is 24.6 Å². The van der Waals surface area contributed by atoms with Crippen LogP contribution in [0.3, 0.4) is 0 Å². The fourth-order valence-electron chi connectivity index (χ4n) is 0.940. The summed E-state index contributed by atoms with van der Waals surface area (Å²) in [4.78, 5) is 10.7. The zero-order chi connectivity index (χ0) is 9.14. The average Bonchev–Trinajstić information content (AvgIpc) is 2.03. The molecule has 0 heterocycles. The van der Waals surface area contributed by atoms with Gasteiger partial charge in [-0.2, -0.15) is 0 Å². The van der Waals surface area contributed by atoms with Gasteiger partial charge in [-0.3, -0.25) is 4.79 Å². The second-order valence-corrected chi connectivity index (χ2v) is 2.68. The van der Waals surface area contributed by atoms with E-state index in [4.69, 9.17) is 5.73 Å². The number of primary amides is 1. The molecule has 3 heteroatoms. The van der Waals surface area contributed by atoms with Gasteiger partial charge in [-0.15, -0.1) is 0 Å². The number of halogens is 1. The molecule has 0 aliphatic rings. The minimum Gasteiger partial charge on any atom is -0.369 e. The standard InChI is InChI=1S/C9H10FNO/c1-6(9(11)12)7-3-2-4-8(10)5-7/h2-6H,1H3,(H2,11,12). The maximum atomic E-state index is 12.6. The first kappa shape index (κ1) is 8.71. The fourth-order valence-corrected chi connectivity index (χ4v) is 0.940. The van der Waals surface area contributed by atoms with E-state index in [-0.39, 0.29) is 5.82 Å². The molecule has 0 aliphatic heterocycles. The highest BCUT2D eigenvalue weighted by Gasteiger charge is 2.11. The lowest BCUT2D eigenvalue weighted by Crippen LogP contribution is -2.18. The number of carbonyl (C=O) groups is 1. The Labute approximate surface area is 70.2 Å². The fraction of sp³-hybridized carbons (Fsp3) is 0.222. The van der Waals surface area contributed by atoms with Gasteiger partial charge in [-0.1, -0.05) is 12.1 Å². The van der Waals surface area contributed by atoms with Gasteiger partial charge in [0, 0.05) is 0 Å². The van der Waals surface area contributed by atoms with Crippen LogP contribution in [0.1, 0.15) is 18.4 Å². The quantitative estimate of drug-likeness (QED) is 0.711. The van der Waals surface area contributed by atoms with Crippen LogP contribution in [0.5, 0.6) is 0 Å². The summed E-state index contributed by atoms with van der Waals surface area (Å²) in [5, 5.41) is 0. The highest BCUT2D eigenvalue weighted by molar-refractivity contribution is 5.81. The van der Waals surface area contributed by atoms with Crippen molar-refractivity contribution in [2.24, 2.45) is 5.73 Å². The molecular weight excluding hydrogens is 157 g/mol. The molecule has 0 saturated carbocycles. The van der Waals surface area contributed by atoms with Gasteiger partial charge in [0.1, 0.15) is 5.82 Å². The molecule has 2 N–H and O–H groups in total. The predicted molar refractivity (Wildman–Crippen MR) is 44.0 cm³/mol. The molecule has 2 nitrogen and oxygen atoms in total. The van der Waals surface area contributed by atoms with Crippen LogP contribution in [0.4, 0.5) is 4.39 Å². The Balaban J connectivity index is 2.95. The number of nitrogens with two attached hydrogens (primary N) is 1. The highest BCUT2D eigenvalue weighted by Crippen LogP contribution is 2.14. The van der Waals surface area contributed by atoms with Gasteiger partial charge in [0.05, 0.1) is 5.92 Å². The first-order valence-electron chi connectivity index (χ1n) is 3.66. The van der Waals surface area contributed by atoms with Crippen molar-refractivity contribution in [2.75, 3.05) is 0 Å². The smallest absolute Gasteiger partial charge is 0.224 e. The van der Waals surface area contributed by atoms with Crippen LogP contribution < -0.4 is 5.73 Å². The molecule has 1 aromatic carbocycles. The Morgan fingerprint density at radius 2 is 2.25 bits per heavy atom. The van der Waals surface area contributed by atoms with E-state index in [1.165, 1.54) is 12.1 Å². The van der Waals surface area contributed by atoms with Crippen LogP contribution in [0.2, 0.25) is 0 Å². The Kier molecular flexibility index (Phi) is 2.43. The molecule has 1 atom stereocenters. The number of carbonyl (C=O) groups excluding carboxylic acids is 1. The number of rotatable bonds is 2. The molecule has 0 spiro atoms. The molecule has 12 heavy (non-hydrogen) atoms. The van der Waals surface area contributed by atoms with E-state index in [9.17, 15) is 9.18 Å². The number of amides is 1. The summed E-state index contributed by atoms with van der Waals surface area (Å²) in [5.41, 5.74) is 5.67. The van der Waals surface area contributed by atoms with Crippen molar-refractivity contribution in [3.05, 3.63) is 35.6 Å². The van der Waals surface area contributed by atoms with E-state index < -0.39 is 11.8 Å². The van der Waals surface area contributed by atoms with E-state index in [1.807, 2.05) is 0 Å². The summed E-state index contributed by atoms with van der Waals surface area (Å²) in [6, 6.07) is 5.88. The number of hydrogen-bond donors (Lipinski definition) is 1. The second kappa shape index (κ2) is 3.34. The summed E-state index contributed by atoms with van der Waals surface area (Å²) < 4.78 is 12.6. The van der Waals surface area contributed by atoms with Crippen LogP contribution in [-0.4, -0.2) is 5.91 Å². The summed E-state index contributed by atoms with van der Waals surface area (Å²) in [5.74, 6) is -1.22. The van der Waals surface area contributed by atoms with E-state index in [2.05, 4.69) is 0 Å². The second-order valence-electron chi connectivity index (χ2n) is 2.68. The molecule has 0 aromatic heterocycles. The Morgan fingerprint density at radius 3 is 2.75 bits per heavy atom. The van der Waals surface area contributed by atoms with E-state index in [0.717, 1.165) is 0 Å². The van der Waals surface area contributed by atoms with Gasteiger partial charge in [0.25, 0.3) is 0 Å². The predicted octanol–water partition coefficient (Wildman–Crippen LogP) is 1.41. The van der Waals surface area contributed by atoms with Gasteiger partial charge in [0.15, 0.2) is 0 Å². The highest BCUT2D eigenvalue weighted by atomic mass is 19.1. The van der Waals surface area contributed by atoms with Crippen molar-refractivity contribution in [3.8, 4) is 0 Å². The molecule has 1 unspecified atom stereocenters. The minimum absolute atomic E-state index is 0.347. The van der Waals surface area contributed by atoms with Crippen LogP contribution in [0.15, 0.2) is 24.3 Å². The SMILES string of the molecule is CC(C(N)=O)c1cccc(F)c1. The average molecular weight is 167 g/mol. The number of hydrogen-bond acceptors (Lipinski definition) is 1. The van der Waals surface area contributed by atoms with Gasteiger partial charge >= 0.3 is 0 Å². The third-order valence-corrected chi connectivity index (χ3v) is 1.78. The molecule has 0 radical (unpaired) electrons. The summed E-state index contributed by atoms with van der Waals surface area (Å²) in [6.45, 7) is 1.65. The Bertz CT molecular complexity index is 298.